The molecule has 1 amide bonds. The minimum atomic E-state index is -2.40. The standard InChI is InChI=1S/C10H15NO2.C9H23NO3Si/c1-7(2)9(12)8-5-3-4-6-11-10(8)13;1-4-11-14(12-5-2,13-6-3)9-7-8-10/h8H,1,3-6H2,2H3,(H,11,13);4-10H2,1-3H3. The molecule has 0 aliphatic carbocycles. The molecule has 1 atom stereocenters. The number of carbonyl (C=O) groups is 2. The van der Waals surface area contributed by atoms with E-state index in [-0.39, 0.29) is 11.7 Å². The number of ketones is 1. The van der Waals surface area contributed by atoms with Crippen molar-refractivity contribution in [3.05, 3.63) is 12.2 Å². The molecule has 0 saturated carbocycles. The molecule has 3 N–H and O–H groups in total. The van der Waals surface area contributed by atoms with E-state index in [0.29, 0.717) is 44.9 Å². The molecule has 0 radical (unpaired) electrons. The van der Waals surface area contributed by atoms with E-state index in [1.807, 2.05) is 20.8 Å². The number of hydrogen-bond donors (Lipinski definition) is 2. The van der Waals surface area contributed by atoms with Crippen molar-refractivity contribution in [1.29, 1.82) is 0 Å². The molecule has 0 aromatic rings. The average molecular weight is 403 g/mol. The average Bonchev–Trinajstić information content (AvgIpc) is 2.85. The number of nitrogens with one attached hydrogen (secondary N) is 1. The van der Waals surface area contributed by atoms with Crippen LogP contribution in [0.25, 0.3) is 0 Å². The van der Waals surface area contributed by atoms with Crippen LogP contribution in [0.2, 0.25) is 6.04 Å². The molecule has 7 nitrogen and oxygen atoms in total. The van der Waals surface area contributed by atoms with Crippen molar-refractivity contribution in [3.63, 3.8) is 0 Å². The predicted molar refractivity (Wildman–Crippen MR) is 109 cm³/mol. The zero-order chi connectivity index (χ0) is 20.7. The number of amides is 1. The lowest BCUT2D eigenvalue weighted by Gasteiger charge is -2.28. The van der Waals surface area contributed by atoms with Gasteiger partial charge in [0.2, 0.25) is 5.91 Å². The summed E-state index contributed by atoms with van der Waals surface area (Å²) >= 11 is 0. The molecule has 0 aromatic heterocycles. The summed E-state index contributed by atoms with van der Waals surface area (Å²) in [7, 11) is -2.40. The van der Waals surface area contributed by atoms with Crippen LogP contribution in [0.5, 0.6) is 0 Å². The molecule has 1 rings (SSSR count). The second-order valence-electron chi connectivity index (χ2n) is 6.36. The molecule has 0 aromatic carbocycles. The van der Waals surface area contributed by atoms with Crippen molar-refractivity contribution >= 4 is 20.5 Å². The fraction of sp³-hybridized carbons (Fsp3) is 0.789. The Morgan fingerprint density at radius 2 is 1.74 bits per heavy atom. The van der Waals surface area contributed by atoms with Gasteiger partial charge in [-0.05, 0) is 59.1 Å². The van der Waals surface area contributed by atoms with Gasteiger partial charge >= 0.3 is 8.80 Å². The summed E-state index contributed by atoms with van der Waals surface area (Å²) in [6.07, 6.45) is 3.46. The van der Waals surface area contributed by atoms with Gasteiger partial charge in [-0.25, -0.2) is 0 Å². The third-order valence-corrected chi connectivity index (χ3v) is 7.20. The Bertz CT molecular complexity index is 442. The Morgan fingerprint density at radius 3 is 2.19 bits per heavy atom. The van der Waals surface area contributed by atoms with Crippen LogP contribution < -0.4 is 11.1 Å². The Labute approximate surface area is 165 Å². The first kappa shape index (κ1) is 25.9. The van der Waals surface area contributed by atoms with E-state index in [2.05, 4.69) is 11.9 Å². The van der Waals surface area contributed by atoms with E-state index in [9.17, 15) is 9.59 Å². The molecule has 8 heteroatoms. The van der Waals surface area contributed by atoms with Gasteiger partial charge in [-0.2, -0.15) is 0 Å². The highest BCUT2D eigenvalue weighted by Gasteiger charge is 2.39. The lowest BCUT2D eigenvalue weighted by atomic mass is 9.94. The van der Waals surface area contributed by atoms with Crippen LogP contribution in [0.15, 0.2) is 12.2 Å². The Balaban J connectivity index is 0.000000501. The van der Waals surface area contributed by atoms with Crippen molar-refractivity contribution in [2.45, 2.75) is 59.4 Å². The third-order valence-electron chi connectivity index (χ3n) is 4.05. The van der Waals surface area contributed by atoms with Crippen LogP contribution in [-0.2, 0) is 22.9 Å². The van der Waals surface area contributed by atoms with Crippen molar-refractivity contribution in [3.8, 4) is 0 Å². The second kappa shape index (κ2) is 14.9. The Kier molecular flexibility index (Phi) is 14.3. The van der Waals surface area contributed by atoms with Gasteiger partial charge in [-0.15, -0.1) is 0 Å². The largest absolute Gasteiger partial charge is 0.500 e. The van der Waals surface area contributed by atoms with Gasteiger partial charge in [0.15, 0.2) is 5.78 Å². The molecule has 27 heavy (non-hydrogen) atoms. The van der Waals surface area contributed by atoms with Gasteiger partial charge < -0.3 is 24.3 Å². The minimum absolute atomic E-state index is 0.112. The molecule has 1 unspecified atom stereocenters. The topological polar surface area (TPSA) is 99.9 Å². The van der Waals surface area contributed by atoms with Crippen LogP contribution in [-0.4, -0.2) is 53.4 Å². The van der Waals surface area contributed by atoms with E-state index in [4.69, 9.17) is 19.0 Å². The number of hydrogen-bond acceptors (Lipinski definition) is 6. The minimum Gasteiger partial charge on any atom is -0.374 e. The van der Waals surface area contributed by atoms with Gasteiger partial charge in [0.25, 0.3) is 0 Å². The van der Waals surface area contributed by atoms with Crippen LogP contribution in [0.4, 0.5) is 0 Å². The number of carbonyl (C=O) groups excluding carboxylic acids is 2. The molecule has 0 bridgehead atoms. The zero-order valence-corrected chi connectivity index (χ0v) is 18.5. The van der Waals surface area contributed by atoms with Crippen molar-refractivity contribution in [1.82, 2.24) is 5.32 Å². The number of Topliss-reactive ketones (excluding diaryl/α,β-unsaturated/α-hetero) is 1. The molecule has 1 heterocycles. The van der Waals surface area contributed by atoms with E-state index in [0.717, 1.165) is 25.3 Å². The molecule has 1 fully saturated rings. The van der Waals surface area contributed by atoms with Crippen LogP contribution >= 0.6 is 0 Å². The highest BCUT2D eigenvalue weighted by atomic mass is 28.4. The van der Waals surface area contributed by atoms with Gasteiger partial charge in [0, 0.05) is 32.4 Å². The number of rotatable bonds is 11. The van der Waals surface area contributed by atoms with Crippen LogP contribution in [0.1, 0.15) is 53.4 Å². The summed E-state index contributed by atoms with van der Waals surface area (Å²) < 4.78 is 17.0. The highest BCUT2D eigenvalue weighted by molar-refractivity contribution is 6.60. The van der Waals surface area contributed by atoms with Crippen molar-refractivity contribution in [2.24, 2.45) is 11.7 Å². The molecular formula is C19H38N2O5Si. The Morgan fingerprint density at radius 1 is 1.19 bits per heavy atom. The Hall–Kier alpha value is -1.06. The molecule has 1 aliphatic rings. The van der Waals surface area contributed by atoms with E-state index in [1.54, 1.807) is 6.92 Å². The molecular weight excluding hydrogens is 364 g/mol. The van der Waals surface area contributed by atoms with Crippen LogP contribution in [0.3, 0.4) is 0 Å². The molecule has 1 saturated heterocycles. The highest BCUT2D eigenvalue weighted by Crippen LogP contribution is 2.17. The molecule has 0 spiro atoms. The summed E-state index contributed by atoms with van der Waals surface area (Å²) in [5.41, 5.74) is 5.95. The maximum absolute atomic E-state index is 11.5. The number of nitrogens with two attached hydrogens (primary N) is 1. The zero-order valence-electron chi connectivity index (χ0n) is 17.5. The summed E-state index contributed by atoms with van der Waals surface area (Å²) in [5.74, 6) is -0.732. The smallest absolute Gasteiger partial charge is 0.374 e. The first-order valence-corrected chi connectivity index (χ1v) is 11.9. The third kappa shape index (κ3) is 10.2. The second-order valence-corrected chi connectivity index (χ2v) is 9.09. The monoisotopic (exact) mass is 402 g/mol. The lowest BCUT2D eigenvalue weighted by molar-refractivity contribution is -0.132. The summed E-state index contributed by atoms with van der Waals surface area (Å²) in [6.45, 7) is 14.4. The summed E-state index contributed by atoms with van der Waals surface area (Å²) in [5, 5.41) is 2.73. The van der Waals surface area contributed by atoms with Gasteiger partial charge in [0.05, 0.1) is 0 Å². The number of allylic oxidation sites excluding steroid dienone is 1. The fourth-order valence-electron chi connectivity index (χ4n) is 2.81. The predicted octanol–water partition coefficient (Wildman–Crippen LogP) is 2.43. The van der Waals surface area contributed by atoms with E-state index >= 15 is 0 Å². The quantitative estimate of drug-likeness (QED) is 0.313. The van der Waals surface area contributed by atoms with E-state index in [1.165, 1.54) is 0 Å². The maximum Gasteiger partial charge on any atom is 0.500 e. The lowest BCUT2D eigenvalue weighted by Crippen LogP contribution is -2.46. The summed E-state index contributed by atoms with van der Waals surface area (Å²) in [6, 6.07) is 0.818. The normalized spacial score (nSPS) is 17.4. The first-order chi connectivity index (χ1) is 12.9. The first-order valence-electron chi connectivity index (χ1n) is 9.96. The van der Waals surface area contributed by atoms with Gasteiger partial charge in [-0.1, -0.05) is 13.0 Å². The van der Waals surface area contributed by atoms with Gasteiger partial charge in [0.1, 0.15) is 5.92 Å². The van der Waals surface area contributed by atoms with Gasteiger partial charge in [-0.3, -0.25) is 9.59 Å². The SMILES string of the molecule is C=C(C)C(=O)C1CCCCNC1=O.CCO[Si](CCCN)(OCC)OCC. The maximum atomic E-state index is 11.5. The van der Waals surface area contributed by atoms with Crippen molar-refractivity contribution in [2.75, 3.05) is 32.9 Å². The summed E-state index contributed by atoms with van der Waals surface area (Å²) in [4.78, 5) is 22.9. The molecule has 1 aliphatic heterocycles. The fourth-order valence-corrected chi connectivity index (χ4v) is 5.45. The van der Waals surface area contributed by atoms with Crippen molar-refractivity contribution < 1.29 is 22.9 Å². The molecule has 158 valence electrons. The van der Waals surface area contributed by atoms with Crippen LogP contribution in [0, 0.1) is 5.92 Å². The van der Waals surface area contributed by atoms with E-state index < -0.39 is 14.7 Å².